The van der Waals surface area contributed by atoms with E-state index in [4.69, 9.17) is 0 Å². The van der Waals surface area contributed by atoms with Gasteiger partial charge in [-0.3, -0.25) is 0 Å². The second-order valence-corrected chi connectivity index (χ2v) is 2.62. The summed E-state index contributed by atoms with van der Waals surface area (Å²) in [6.07, 6.45) is 0. The maximum atomic E-state index is 12.9. The number of benzene rings is 1. The van der Waals surface area contributed by atoms with E-state index in [1.54, 1.807) is 13.0 Å². The lowest BCUT2D eigenvalue weighted by atomic mass is 10.2. The van der Waals surface area contributed by atoms with E-state index in [2.05, 4.69) is 4.42 Å². The molecule has 62 valence electrons. The highest BCUT2D eigenvalue weighted by atomic mass is 19.1. The zero-order valence-corrected chi connectivity index (χ0v) is 6.40. The van der Waals surface area contributed by atoms with E-state index >= 15 is 0 Å². The van der Waals surface area contributed by atoms with E-state index in [1.165, 1.54) is 12.1 Å². The predicted octanol–water partition coefficient (Wildman–Crippen LogP) is 3.02. The predicted molar refractivity (Wildman–Crippen MR) is 40.9 cm³/mol. The first-order valence-electron chi connectivity index (χ1n) is 3.53. The molecule has 0 aliphatic rings. The van der Waals surface area contributed by atoms with E-state index in [0.717, 1.165) is 0 Å². The highest BCUT2D eigenvalue weighted by molar-refractivity contribution is 5.81. The lowest BCUT2D eigenvalue weighted by molar-refractivity contribution is 0.369. The molecule has 0 aliphatic heterocycles. The molecular weight excluding hydrogens is 162 g/mol. The van der Waals surface area contributed by atoms with Crippen LogP contribution in [0.25, 0.3) is 11.0 Å². The molecule has 2 rings (SSSR count). The van der Waals surface area contributed by atoms with Gasteiger partial charge in [0.15, 0.2) is 11.4 Å². The van der Waals surface area contributed by atoms with Gasteiger partial charge in [0, 0.05) is 10.9 Å². The summed E-state index contributed by atoms with van der Waals surface area (Å²) < 4.78 is 30.3. The Hall–Kier alpha value is -1.38. The van der Waals surface area contributed by atoms with Gasteiger partial charge in [0.05, 0.1) is 0 Å². The van der Waals surface area contributed by atoms with Crippen LogP contribution in [0, 0.1) is 18.8 Å². The van der Waals surface area contributed by atoms with Crippen LogP contribution in [0.1, 0.15) is 5.56 Å². The maximum Gasteiger partial charge on any atom is 0.281 e. The summed E-state index contributed by atoms with van der Waals surface area (Å²) in [4.78, 5) is 0. The number of para-hydroxylation sites is 1. The summed E-state index contributed by atoms with van der Waals surface area (Å²) >= 11 is 0. The van der Waals surface area contributed by atoms with Crippen LogP contribution < -0.4 is 0 Å². The Kier molecular flexibility index (Phi) is 1.40. The van der Waals surface area contributed by atoms with E-state index in [9.17, 15) is 8.78 Å². The molecule has 0 atom stereocenters. The van der Waals surface area contributed by atoms with Gasteiger partial charge >= 0.3 is 0 Å². The van der Waals surface area contributed by atoms with Gasteiger partial charge in [-0.15, -0.1) is 0 Å². The first-order valence-corrected chi connectivity index (χ1v) is 3.53. The summed E-state index contributed by atoms with van der Waals surface area (Å²) in [6, 6.07) is 3.68. The molecule has 1 aromatic heterocycles. The van der Waals surface area contributed by atoms with Gasteiger partial charge in [-0.05, 0) is 13.0 Å². The van der Waals surface area contributed by atoms with Gasteiger partial charge in [-0.25, -0.2) is 4.39 Å². The number of hydrogen-bond acceptors (Lipinski definition) is 1. The number of furan rings is 1. The average Bonchev–Trinajstić information content (AvgIpc) is 2.32. The quantitative estimate of drug-likeness (QED) is 0.589. The Labute approximate surface area is 67.6 Å². The zero-order valence-electron chi connectivity index (χ0n) is 6.40. The number of fused-ring (bicyclic) bond motifs is 1. The van der Waals surface area contributed by atoms with Crippen molar-refractivity contribution in [1.82, 2.24) is 0 Å². The van der Waals surface area contributed by atoms with Crippen LogP contribution in [-0.4, -0.2) is 0 Å². The molecule has 0 bridgehead atoms. The standard InChI is InChI=1S/C9H6F2O/c1-5-6-3-2-4-7(10)8(6)12-9(5)11/h2-4H,1H3. The van der Waals surface area contributed by atoms with Crippen LogP contribution >= 0.6 is 0 Å². The minimum atomic E-state index is -0.713. The van der Waals surface area contributed by atoms with Crippen molar-refractivity contribution in [1.29, 1.82) is 0 Å². The molecule has 0 unspecified atom stereocenters. The van der Waals surface area contributed by atoms with Gasteiger partial charge in [0.25, 0.3) is 6.01 Å². The summed E-state index contributed by atoms with van der Waals surface area (Å²) in [5.74, 6) is -0.528. The third-order valence-corrected chi connectivity index (χ3v) is 1.86. The first-order chi connectivity index (χ1) is 5.70. The number of halogens is 2. The van der Waals surface area contributed by atoms with Crippen LogP contribution in [0.2, 0.25) is 0 Å². The minimum Gasteiger partial charge on any atom is -0.428 e. The van der Waals surface area contributed by atoms with Crippen molar-refractivity contribution in [2.45, 2.75) is 6.92 Å². The van der Waals surface area contributed by atoms with Crippen molar-refractivity contribution in [2.24, 2.45) is 0 Å². The highest BCUT2D eigenvalue weighted by Crippen LogP contribution is 2.25. The van der Waals surface area contributed by atoms with Crippen LogP contribution in [0.4, 0.5) is 8.78 Å². The summed E-state index contributed by atoms with van der Waals surface area (Å²) in [5.41, 5.74) is 0.344. The Morgan fingerprint density at radius 2 is 2.00 bits per heavy atom. The van der Waals surface area contributed by atoms with Gasteiger partial charge < -0.3 is 4.42 Å². The molecule has 0 amide bonds. The van der Waals surface area contributed by atoms with E-state index in [-0.39, 0.29) is 5.58 Å². The van der Waals surface area contributed by atoms with Crippen LogP contribution in [0.15, 0.2) is 22.6 Å². The third-order valence-electron chi connectivity index (χ3n) is 1.86. The summed E-state index contributed by atoms with van der Waals surface area (Å²) in [6.45, 7) is 1.56. The molecule has 0 aliphatic carbocycles. The van der Waals surface area contributed by atoms with Crippen molar-refractivity contribution in [3.63, 3.8) is 0 Å². The Bertz CT molecular complexity index is 431. The van der Waals surface area contributed by atoms with Gasteiger partial charge in [-0.2, -0.15) is 4.39 Å². The van der Waals surface area contributed by atoms with Crippen molar-refractivity contribution < 1.29 is 13.2 Å². The van der Waals surface area contributed by atoms with Gasteiger partial charge in [0.2, 0.25) is 0 Å². The topological polar surface area (TPSA) is 13.1 Å². The summed E-state index contributed by atoms with van der Waals surface area (Å²) in [5, 5.41) is 0.493. The number of rotatable bonds is 0. The molecular formula is C9H6F2O. The molecule has 1 nitrogen and oxygen atoms in total. The van der Waals surface area contributed by atoms with Gasteiger partial charge in [0.1, 0.15) is 0 Å². The fourth-order valence-corrected chi connectivity index (χ4v) is 1.18. The summed E-state index contributed by atoms with van der Waals surface area (Å²) in [7, 11) is 0. The van der Waals surface area contributed by atoms with E-state index in [0.29, 0.717) is 10.9 Å². The third kappa shape index (κ3) is 0.826. The van der Waals surface area contributed by atoms with Gasteiger partial charge in [-0.1, -0.05) is 12.1 Å². The van der Waals surface area contributed by atoms with E-state index < -0.39 is 11.8 Å². The largest absolute Gasteiger partial charge is 0.428 e. The molecule has 1 aromatic carbocycles. The molecule has 2 aromatic rings. The Morgan fingerprint density at radius 3 is 2.67 bits per heavy atom. The smallest absolute Gasteiger partial charge is 0.281 e. The lowest BCUT2D eigenvalue weighted by Crippen LogP contribution is -1.73. The molecule has 1 heterocycles. The second kappa shape index (κ2) is 2.30. The number of aryl methyl sites for hydroxylation is 1. The Morgan fingerprint density at radius 1 is 1.25 bits per heavy atom. The normalized spacial score (nSPS) is 10.9. The molecule has 0 saturated carbocycles. The SMILES string of the molecule is Cc1c(F)oc2c(F)cccc12. The monoisotopic (exact) mass is 168 g/mol. The molecule has 0 spiro atoms. The first kappa shape index (κ1) is 7.28. The van der Waals surface area contributed by atoms with Crippen molar-refractivity contribution >= 4 is 11.0 Å². The molecule has 3 heteroatoms. The van der Waals surface area contributed by atoms with Crippen molar-refractivity contribution in [2.75, 3.05) is 0 Å². The average molecular weight is 168 g/mol. The van der Waals surface area contributed by atoms with Crippen molar-refractivity contribution in [3.8, 4) is 0 Å². The zero-order chi connectivity index (χ0) is 8.72. The maximum absolute atomic E-state index is 12.9. The molecule has 12 heavy (non-hydrogen) atoms. The highest BCUT2D eigenvalue weighted by Gasteiger charge is 2.11. The number of hydrogen-bond donors (Lipinski definition) is 0. The van der Waals surface area contributed by atoms with Crippen LogP contribution in [0.3, 0.4) is 0 Å². The molecule has 0 N–H and O–H groups in total. The second-order valence-electron chi connectivity index (χ2n) is 2.62. The fraction of sp³-hybridized carbons (Fsp3) is 0.111. The Balaban J connectivity index is 2.95. The minimum absolute atomic E-state index is 0.00694. The molecule has 0 fully saturated rings. The fourth-order valence-electron chi connectivity index (χ4n) is 1.18. The van der Waals surface area contributed by atoms with Crippen LogP contribution in [-0.2, 0) is 0 Å². The van der Waals surface area contributed by atoms with Crippen molar-refractivity contribution in [3.05, 3.63) is 35.6 Å². The van der Waals surface area contributed by atoms with Crippen LogP contribution in [0.5, 0.6) is 0 Å². The van der Waals surface area contributed by atoms with E-state index in [1.807, 2.05) is 0 Å². The lowest BCUT2D eigenvalue weighted by Gasteiger charge is -1.88. The molecule has 0 saturated heterocycles. The molecule has 0 radical (unpaired) electrons.